The molecule has 2 N–H and O–H groups in total. The number of ether oxygens (including phenoxy) is 1. The van der Waals surface area contributed by atoms with Crippen LogP contribution >= 0.6 is 11.5 Å². The summed E-state index contributed by atoms with van der Waals surface area (Å²) in [6.45, 7) is 4.09. The monoisotopic (exact) mass is 346 g/mol. The fraction of sp³-hybridized carbons (Fsp3) is 0.471. The minimum atomic E-state index is -0.177. The molecular weight excluding hydrogens is 324 g/mol. The quantitative estimate of drug-likeness (QED) is 0.838. The number of hydrogen-bond donors (Lipinski definition) is 2. The first kappa shape index (κ1) is 17.0. The molecule has 6 nitrogen and oxygen atoms in total. The molecule has 128 valence electrons. The fourth-order valence-electron chi connectivity index (χ4n) is 3.02. The molecule has 1 unspecified atom stereocenters. The van der Waals surface area contributed by atoms with Crippen LogP contribution in [0, 0.1) is 0 Å². The Balaban J connectivity index is 1.67. The molecular formula is C17H22N4O2S. The molecule has 3 rings (SSSR count). The number of aromatic nitrogens is 2. The van der Waals surface area contributed by atoms with E-state index in [0.717, 1.165) is 12.8 Å². The van der Waals surface area contributed by atoms with Crippen LogP contribution in [0.4, 0.5) is 0 Å². The molecule has 1 atom stereocenters. The lowest BCUT2D eigenvalue weighted by atomic mass is 9.88. The number of benzene rings is 1. The molecule has 1 aromatic carbocycles. The van der Waals surface area contributed by atoms with Crippen molar-refractivity contribution in [3.63, 3.8) is 0 Å². The highest BCUT2D eigenvalue weighted by molar-refractivity contribution is 7.03. The smallest absolute Gasteiger partial charge is 0.272 e. The maximum Gasteiger partial charge on any atom is 0.272 e. The van der Waals surface area contributed by atoms with E-state index in [1.54, 1.807) is 5.38 Å². The Morgan fingerprint density at radius 3 is 2.75 bits per heavy atom. The van der Waals surface area contributed by atoms with Crippen molar-refractivity contribution in [3.05, 3.63) is 47.0 Å². The molecule has 2 aromatic rings. The van der Waals surface area contributed by atoms with Gasteiger partial charge in [0.25, 0.3) is 5.91 Å². The number of amides is 1. The van der Waals surface area contributed by atoms with Gasteiger partial charge in [-0.15, -0.1) is 5.10 Å². The van der Waals surface area contributed by atoms with E-state index in [1.807, 2.05) is 18.2 Å². The highest BCUT2D eigenvalue weighted by Crippen LogP contribution is 2.25. The van der Waals surface area contributed by atoms with E-state index >= 15 is 0 Å². The minimum absolute atomic E-state index is 0.174. The Labute approximate surface area is 145 Å². The Morgan fingerprint density at radius 1 is 1.33 bits per heavy atom. The zero-order valence-corrected chi connectivity index (χ0v) is 14.5. The predicted molar refractivity (Wildman–Crippen MR) is 93.0 cm³/mol. The molecule has 0 saturated carbocycles. The van der Waals surface area contributed by atoms with Gasteiger partial charge in [0.1, 0.15) is 0 Å². The second-order valence-electron chi connectivity index (χ2n) is 6.14. The standard InChI is InChI=1S/C17H22N4O2S/c1-13(14-5-3-2-4-6-14)19-17(7-9-23-10-8-17)12-18-16(22)15-11-24-21-20-15/h2-6,11,13,19H,7-10,12H2,1H3,(H,18,22). The number of nitrogens with one attached hydrogen (secondary N) is 2. The van der Waals surface area contributed by atoms with Crippen LogP contribution in [-0.4, -0.2) is 40.8 Å². The van der Waals surface area contributed by atoms with Crippen molar-refractivity contribution >= 4 is 17.4 Å². The van der Waals surface area contributed by atoms with E-state index < -0.39 is 0 Å². The van der Waals surface area contributed by atoms with E-state index in [9.17, 15) is 4.79 Å². The SMILES string of the molecule is CC(NC1(CNC(=O)c2csnn2)CCOCC1)c1ccccc1. The normalized spacial score (nSPS) is 18.0. The van der Waals surface area contributed by atoms with E-state index in [-0.39, 0.29) is 17.5 Å². The third-order valence-electron chi connectivity index (χ3n) is 4.45. The van der Waals surface area contributed by atoms with Crippen LogP contribution in [0.25, 0.3) is 0 Å². The molecule has 1 aliphatic heterocycles. The Bertz CT molecular complexity index is 642. The summed E-state index contributed by atoms with van der Waals surface area (Å²) >= 11 is 1.18. The molecule has 1 aromatic heterocycles. The average molecular weight is 346 g/mol. The van der Waals surface area contributed by atoms with Gasteiger partial charge in [-0.3, -0.25) is 4.79 Å². The van der Waals surface area contributed by atoms with Crippen LogP contribution in [0.15, 0.2) is 35.7 Å². The van der Waals surface area contributed by atoms with Crippen molar-refractivity contribution in [3.8, 4) is 0 Å². The molecule has 0 spiro atoms. The molecule has 2 heterocycles. The Hall–Kier alpha value is -1.83. The van der Waals surface area contributed by atoms with Gasteiger partial charge in [0.2, 0.25) is 0 Å². The molecule has 0 bridgehead atoms. The highest BCUT2D eigenvalue weighted by Gasteiger charge is 2.34. The Kier molecular flexibility index (Phi) is 5.55. The van der Waals surface area contributed by atoms with Gasteiger partial charge in [0.15, 0.2) is 5.69 Å². The minimum Gasteiger partial charge on any atom is -0.381 e. The number of hydrogen-bond acceptors (Lipinski definition) is 6. The molecule has 1 saturated heterocycles. The number of nitrogens with zero attached hydrogens (tertiary/aromatic N) is 2. The second-order valence-corrected chi connectivity index (χ2v) is 6.75. The molecule has 24 heavy (non-hydrogen) atoms. The third kappa shape index (κ3) is 4.17. The molecule has 7 heteroatoms. The van der Waals surface area contributed by atoms with E-state index in [2.05, 4.69) is 39.3 Å². The largest absolute Gasteiger partial charge is 0.381 e. The van der Waals surface area contributed by atoms with Crippen molar-refractivity contribution in [1.82, 2.24) is 20.2 Å². The van der Waals surface area contributed by atoms with Crippen molar-refractivity contribution in [1.29, 1.82) is 0 Å². The second kappa shape index (κ2) is 7.83. The summed E-state index contributed by atoms with van der Waals surface area (Å²) in [6.07, 6.45) is 1.72. The third-order valence-corrected chi connectivity index (χ3v) is 4.96. The maximum absolute atomic E-state index is 12.2. The lowest BCUT2D eigenvalue weighted by Crippen LogP contribution is -2.57. The van der Waals surface area contributed by atoms with Gasteiger partial charge in [0, 0.05) is 36.7 Å². The lowest BCUT2D eigenvalue weighted by molar-refractivity contribution is 0.0332. The van der Waals surface area contributed by atoms with Gasteiger partial charge in [0.05, 0.1) is 0 Å². The lowest BCUT2D eigenvalue weighted by Gasteiger charge is -2.40. The van der Waals surface area contributed by atoms with Crippen LogP contribution in [0.3, 0.4) is 0 Å². The summed E-state index contributed by atoms with van der Waals surface area (Å²) in [4.78, 5) is 12.2. The van der Waals surface area contributed by atoms with Gasteiger partial charge in [-0.1, -0.05) is 34.8 Å². The number of carbonyl (C=O) groups excluding carboxylic acids is 1. The number of carbonyl (C=O) groups is 1. The van der Waals surface area contributed by atoms with Crippen LogP contribution in [-0.2, 0) is 4.74 Å². The summed E-state index contributed by atoms with van der Waals surface area (Å²) in [5.41, 5.74) is 1.43. The van der Waals surface area contributed by atoms with Crippen LogP contribution < -0.4 is 10.6 Å². The molecule has 0 radical (unpaired) electrons. The fourth-order valence-corrected chi connectivity index (χ4v) is 3.46. The van der Waals surface area contributed by atoms with Crippen molar-refractivity contribution in [2.24, 2.45) is 0 Å². The molecule has 1 aliphatic rings. The Morgan fingerprint density at radius 2 is 2.08 bits per heavy atom. The van der Waals surface area contributed by atoms with Crippen LogP contribution in [0.1, 0.15) is 41.9 Å². The summed E-state index contributed by atoms with van der Waals surface area (Å²) in [5, 5.41) is 12.2. The van der Waals surface area contributed by atoms with Gasteiger partial charge < -0.3 is 15.4 Å². The first-order chi connectivity index (χ1) is 11.7. The zero-order valence-electron chi connectivity index (χ0n) is 13.7. The summed E-state index contributed by atoms with van der Waals surface area (Å²) in [7, 11) is 0. The van der Waals surface area contributed by atoms with Gasteiger partial charge in [-0.05, 0) is 36.9 Å². The van der Waals surface area contributed by atoms with Crippen LogP contribution in [0.5, 0.6) is 0 Å². The average Bonchev–Trinajstić information content (AvgIpc) is 3.16. The maximum atomic E-state index is 12.2. The van der Waals surface area contributed by atoms with Crippen LogP contribution in [0.2, 0.25) is 0 Å². The topological polar surface area (TPSA) is 76.1 Å². The summed E-state index contributed by atoms with van der Waals surface area (Å²) in [5.74, 6) is -0.177. The van der Waals surface area contributed by atoms with Crippen molar-refractivity contribution < 1.29 is 9.53 Å². The van der Waals surface area contributed by atoms with Gasteiger partial charge in [-0.25, -0.2) is 0 Å². The first-order valence-corrected chi connectivity index (χ1v) is 8.98. The van der Waals surface area contributed by atoms with Gasteiger partial charge >= 0.3 is 0 Å². The molecule has 1 amide bonds. The number of rotatable bonds is 6. The summed E-state index contributed by atoms with van der Waals surface area (Å²) < 4.78 is 9.26. The van der Waals surface area contributed by atoms with E-state index in [1.165, 1.54) is 17.1 Å². The van der Waals surface area contributed by atoms with Crippen molar-refractivity contribution in [2.75, 3.05) is 19.8 Å². The highest BCUT2D eigenvalue weighted by atomic mass is 32.1. The predicted octanol–water partition coefficient (Wildman–Crippen LogP) is 2.17. The van der Waals surface area contributed by atoms with Gasteiger partial charge in [-0.2, -0.15) is 0 Å². The molecule has 1 fully saturated rings. The van der Waals surface area contributed by atoms with E-state index in [0.29, 0.717) is 25.5 Å². The zero-order chi connectivity index (χ0) is 16.8. The first-order valence-electron chi connectivity index (χ1n) is 8.14. The van der Waals surface area contributed by atoms with E-state index in [4.69, 9.17) is 4.74 Å². The summed E-state index contributed by atoms with van der Waals surface area (Å²) in [6, 6.07) is 10.5. The van der Waals surface area contributed by atoms with Crippen molar-refractivity contribution in [2.45, 2.75) is 31.3 Å². The molecule has 0 aliphatic carbocycles.